The van der Waals surface area contributed by atoms with Crippen LogP contribution in [0.5, 0.6) is 11.5 Å². The summed E-state index contributed by atoms with van der Waals surface area (Å²) in [6, 6.07) is 31.5. The summed E-state index contributed by atoms with van der Waals surface area (Å²) in [5, 5.41) is 12.3. The molecule has 0 saturated carbocycles. The third-order valence-electron chi connectivity index (χ3n) is 10.5. The first kappa shape index (κ1) is 36.1. The maximum absolute atomic E-state index is 13.0. The average Bonchev–Trinajstić information content (AvgIpc) is 3.50. The number of phenols is 1. The monoisotopic (exact) mass is 713 g/mol. The fourth-order valence-electron chi connectivity index (χ4n) is 7.80. The largest absolute Gasteiger partial charge is 0.508 e. The second-order valence-electron chi connectivity index (χ2n) is 14.1. The van der Waals surface area contributed by atoms with Crippen molar-refractivity contribution in [2.45, 2.75) is 64.1 Å². The molecular weight excluding hydrogens is 666 g/mol. The molecule has 2 fully saturated rings. The number of benzene rings is 4. The Morgan fingerprint density at radius 3 is 2.36 bits per heavy atom. The van der Waals surface area contributed by atoms with Gasteiger partial charge < -0.3 is 19.5 Å². The predicted octanol–water partition coefficient (Wildman–Crippen LogP) is 6.62. The van der Waals surface area contributed by atoms with Crippen LogP contribution in [-0.2, 0) is 27.3 Å². The number of amides is 3. The SMILES string of the molecule is CCC(=C(c1ccc(O)cc1)c1ccc(OCCN2CCCC(OCCc3ccc4c(c3)CN(C3CCC(=O)NC3=O)C4=O)C2)cc1)c1ccccc1. The number of allylic oxidation sites excluding steroid dienone is 1. The molecule has 2 saturated heterocycles. The van der Waals surface area contributed by atoms with Crippen molar-refractivity contribution >= 4 is 28.9 Å². The summed E-state index contributed by atoms with van der Waals surface area (Å²) in [5.74, 6) is 0.254. The van der Waals surface area contributed by atoms with Crippen LogP contribution in [0, 0.1) is 0 Å². The van der Waals surface area contributed by atoms with E-state index in [-0.39, 0.29) is 30.1 Å². The molecule has 4 aromatic carbocycles. The van der Waals surface area contributed by atoms with Gasteiger partial charge in [-0.3, -0.25) is 24.6 Å². The van der Waals surface area contributed by atoms with Crippen LogP contribution in [0.3, 0.4) is 0 Å². The second kappa shape index (κ2) is 16.6. The predicted molar refractivity (Wildman–Crippen MR) is 204 cm³/mol. The number of imide groups is 1. The Balaban J connectivity index is 0.894. The van der Waals surface area contributed by atoms with E-state index in [0.29, 0.717) is 31.7 Å². The zero-order chi connectivity index (χ0) is 36.7. The maximum Gasteiger partial charge on any atom is 0.255 e. The van der Waals surface area contributed by atoms with Gasteiger partial charge >= 0.3 is 0 Å². The van der Waals surface area contributed by atoms with Crippen LogP contribution >= 0.6 is 0 Å². The molecule has 9 heteroatoms. The van der Waals surface area contributed by atoms with Gasteiger partial charge in [0.25, 0.3) is 5.91 Å². The number of carbonyl (C=O) groups is 3. The fourth-order valence-corrected chi connectivity index (χ4v) is 7.80. The van der Waals surface area contributed by atoms with Crippen LogP contribution < -0.4 is 10.1 Å². The van der Waals surface area contributed by atoms with Crippen LogP contribution in [0.4, 0.5) is 0 Å². The molecule has 4 aromatic rings. The van der Waals surface area contributed by atoms with Crippen LogP contribution in [0.2, 0.25) is 0 Å². The lowest BCUT2D eigenvalue weighted by Gasteiger charge is -2.32. The number of rotatable bonds is 13. The number of hydrogen-bond acceptors (Lipinski definition) is 7. The number of ether oxygens (including phenoxy) is 2. The molecule has 2 N–H and O–H groups in total. The van der Waals surface area contributed by atoms with E-state index in [2.05, 4.69) is 59.6 Å². The maximum atomic E-state index is 13.0. The van der Waals surface area contributed by atoms with Crippen molar-refractivity contribution in [1.29, 1.82) is 0 Å². The van der Waals surface area contributed by atoms with Crippen LogP contribution in [0.1, 0.15) is 77.2 Å². The summed E-state index contributed by atoms with van der Waals surface area (Å²) < 4.78 is 12.6. The highest BCUT2D eigenvalue weighted by Crippen LogP contribution is 2.36. The quantitative estimate of drug-likeness (QED) is 0.118. The van der Waals surface area contributed by atoms with Gasteiger partial charge in [0.15, 0.2) is 0 Å². The third-order valence-corrected chi connectivity index (χ3v) is 10.5. The number of carbonyl (C=O) groups excluding carboxylic acids is 3. The number of hydrogen-bond donors (Lipinski definition) is 2. The van der Waals surface area contributed by atoms with Crippen molar-refractivity contribution in [3.63, 3.8) is 0 Å². The molecule has 7 rings (SSSR count). The van der Waals surface area contributed by atoms with E-state index in [1.165, 1.54) is 11.1 Å². The van der Waals surface area contributed by atoms with Crippen LogP contribution in [0.15, 0.2) is 97.1 Å². The van der Waals surface area contributed by atoms with Crippen molar-refractivity contribution < 1.29 is 29.0 Å². The van der Waals surface area contributed by atoms with E-state index in [9.17, 15) is 19.5 Å². The minimum Gasteiger partial charge on any atom is -0.508 e. The van der Waals surface area contributed by atoms with E-state index < -0.39 is 11.9 Å². The minimum absolute atomic E-state index is 0.151. The molecule has 0 aromatic heterocycles. The van der Waals surface area contributed by atoms with Gasteiger partial charge in [-0.2, -0.15) is 0 Å². The second-order valence-corrected chi connectivity index (χ2v) is 14.1. The molecule has 2 atom stereocenters. The Kier molecular flexibility index (Phi) is 11.3. The topological polar surface area (TPSA) is 108 Å². The van der Waals surface area contributed by atoms with Crippen molar-refractivity contribution in [3.05, 3.63) is 130 Å². The van der Waals surface area contributed by atoms with E-state index in [1.807, 2.05) is 42.5 Å². The number of fused-ring (bicyclic) bond motifs is 1. The Morgan fingerprint density at radius 1 is 0.868 bits per heavy atom. The van der Waals surface area contributed by atoms with Crippen LogP contribution in [0.25, 0.3) is 11.1 Å². The van der Waals surface area contributed by atoms with Gasteiger partial charge in [0.05, 0.1) is 12.7 Å². The van der Waals surface area contributed by atoms with Crippen LogP contribution in [-0.4, -0.2) is 77.6 Å². The summed E-state index contributed by atoms with van der Waals surface area (Å²) in [7, 11) is 0. The number of phenolic OH excluding ortho intramolecular Hbond substituents is 1. The number of nitrogens with one attached hydrogen (secondary N) is 1. The summed E-state index contributed by atoms with van der Waals surface area (Å²) in [5.41, 5.74) is 8.38. The zero-order valence-corrected chi connectivity index (χ0v) is 30.3. The molecule has 53 heavy (non-hydrogen) atoms. The molecular formula is C44H47N3O6. The molecule has 2 unspecified atom stereocenters. The van der Waals surface area contributed by atoms with E-state index in [1.54, 1.807) is 17.0 Å². The normalized spacial score (nSPS) is 19.5. The Hall–Kier alpha value is -5.25. The first-order valence-corrected chi connectivity index (χ1v) is 18.8. The molecule has 3 aliphatic rings. The molecule has 0 bridgehead atoms. The van der Waals surface area contributed by atoms with E-state index in [0.717, 1.165) is 78.9 Å². The summed E-state index contributed by atoms with van der Waals surface area (Å²) >= 11 is 0. The number of piperidine rings is 2. The first-order valence-electron chi connectivity index (χ1n) is 18.8. The van der Waals surface area contributed by atoms with E-state index >= 15 is 0 Å². The van der Waals surface area contributed by atoms with E-state index in [4.69, 9.17) is 9.47 Å². The highest BCUT2D eigenvalue weighted by molar-refractivity contribution is 6.05. The third kappa shape index (κ3) is 8.53. The molecule has 0 aliphatic carbocycles. The van der Waals surface area contributed by atoms with Gasteiger partial charge in [-0.1, -0.05) is 73.7 Å². The molecule has 3 amide bonds. The summed E-state index contributed by atoms with van der Waals surface area (Å²) in [6.45, 7) is 6.43. The smallest absolute Gasteiger partial charge is 0.255 e. The average molecular weight is 714 g/mol. The van der Waals surface area contributed by atoms with Gasteiger partial charge in [0.2, 0.25) is 11.8 Å². The first-order chi connectivity index (χ1) is 25.9. The summed E-state index contributed by atoms with van der Waals surface area (Å²) in [6.07, 6.45) is 4.47. The zero-order valence-electron chi connectivity index (χ0n) is 30.3. The van der Waals surface area contributed by atoms with Crippen molar-refractivity contribution in [2.75, 3.05) is 32.8 Å². The van der Waals surface area contributed by atoms with Crippen molar-refractivity contribution in [2.24, 2.45) is 0 Å². The highest BCUT2D eigenvalue weighted by atomic mass is 16.5. The van der Waals surface area contributed by atoms with Gasteiger partial charge in [-0.25, -0.2) is 0 Å². The highest BCUT2D eigenvalue weighted by Gasteiger charge is 2.39. The van der Waals surface area contributed by atoms with Gasteiger partial charge in [-0.05, 0) is 108 Å². The Bertz CT molecular complexity index is 1960. The lowest BCUT2D eigenvalue weighted by molar-refractivity contribution is -0.136. The molecule has 0 spiro atoms. The van der Waals surface area contributed by atoms with Crippen molar-refractivity contribution in [3.8, 4) is 11.5 Å². The minimum atomic E-state index is -0.605. The molecule has 9 nitrogen and oxygen atoms in total. The number of nitrogens with zero attached hydrogens (tertiary/aromatic N) is 2. The molecule has 274 valence electrons. The lowest BCUT2D eigenvalue weighted by Crippen LogP contribution is -2.52. The Labute approximate surface area is 311 Å². The fraction of sp³-hybridized carbons (Fsp3) is 0.341. The molecule has 3 aliphatic heterocycles. The number of aromatic hydroxyl groups is 1. The van der Waals surface area contributed by atoms with Crippen molar-refractivity contribution in [1.82, 2.24) is 15.1 Å². The summed E-state index contributed by atoms with van der Waals surface area (Å²) in [4.78, 5) is 41.0. The number of likely N-dealkylation sites (tertiary alicyclic amines) is 1. The standard InChI is InChI=1S/C44H47N3O6/c1-2-38(31-7-4-3-5-8-31)42(32-11-15-35(48)16-12-32)33-13-17-36(18-14-33)53-26-24-46-23-6-9-37(29-46)52-25-22-30-10-19-39-34(27-30)28-47(44(39)51)40-20-21-41(49)45-43(40)50/h3-5,7-8,10-19,27,37,40,48H,2,6,9,20-26,28-29H2,1H3,(H,45,49,50). The molecule has 0 radical (unpaired) electrons. The Morgan fingerprint density at radius 2 is 1.62 bits per heavy atom. The van der Waals surface area contributed by atoms with Gasteiger partial charge in [0.1, 0.15) is 24.1 Å². The lowest BCUT2D eigenvalue weighted by atomic mass is 9.88. The van der Waals surface area contributed by atoms with Gasteiger partial charge in [-0.15, -0.1) is 0 Å². The molecule has 3 heterocycles. The van der Waals surface area contributed by atoms with Gasteiger partial charge in [0, 0.05) is 31.6 Å².